The molecular formula is C8H8O. The van der Waals surface area contributed by atoms with Crippen molar-refractivity contribution in [2.45, 2.75) is 0 Å². The molecule has 0 unspecified atom stereocenters. The second-order valence-corrected chi connectivity index (χ2v) is 1.47. The monoisotopic (exact) mass is 124 g/mol. The van der Waals surface area contributed by atoms with Gasteiger partial charge in [0.05, 0.1) is 5.48 Å². The van der Waals surface area contributed by atoms with E-state index in [0.29, 0.717) is 0 Å². The van der Waals surface area contributed by atoms with E-state index in [9.17, 15) is 0 Å². The second kappa shape index (κ2) is 2.35. The van der Waals surface area contributed by atoms with Gasteiger partial charge in [0, 0.05) is 0 Å². The predicted octanol–water partition coefficient (Wildman–Crippen LogP) is 2.04. The maximum absolute atomic E-state index is 9.14. The minimum absolute atomic E-state index is 0.104. The Balaban J connectivity index is 3.66. The zero-order chi connectivity index (χ0) is 10.2. The van der Waals surface area contributed by atoms with Gasteiger partial charge in [0.25, 0.3) is 0 Å². The van der Waals surface area contributed by atoms with Crippen LogP contribution in [-0.4, -0.2) is 5.11 Å². The van der Waals surface area contributed by atoms with Gasteiger partial charge in [-0.05, 0) is 17.6 Å². The molecule has 1 aromatic carbocycles. The Kier molecular flexibility index (Phi) is 0.671. The zero-order valence-corrected chi connectivity index (χ0v) is 4.73. The number of aromatic hydroxyl groups is 1. The van der Waals surface area contributed by atoms with E-state index < -0.39 is 17.8 Å². The van der Waals surface area contributed by atoms with Crippen molar-refractivity contribution in [3.8, 4) is 5.75 Å². The fourth-order valence-corrected chi connectivity index (χ4v) is 0.418. The average Bonchev–Trinajstić information content (AvgIpc) is 2.13. The molecule has 1 nitrogen and oxygen atoms in total. The molecule has 1 rings (SSSR count). The van der Waals surface area contributed by atoms with Gasteiger partial charge in [0.2, 0.25) is 0 Å². The molecule has 9 heavy (non-hydrogen) atoms. The van der Waals surface area contributed by atoms with Crippen molar-refractivity contribution in [1.82, 2.24) is 0 Å². The maximum Gasteiger partial charge on any atom is 0.115 e. The summed E-state index contributed by atoms with van der Waals surface area (Å²) in [6, 6.07) is -1.41. The molecule has 0 aliphatic rings. The van der Waals surface area contributed by atoms with Crippen LogP contribution >= 0.6 is 0 Å². The van der Waals surface area contributed by atoms with Crippen LogP contribution in [0.15, 0.2) is 30.7 Å². The van der Waals surface area contributed by atoms with E-state index in [1.54, 1.807) is 0 Å². The van der Waals surface area contributed by atoms with Crippen molar-refractivity contribution in [3.63, 3.8) is 0 Å². The van der Waals surface area contributed by atoms with Gasteiger partial charge in [-0.25, -0.2) is 0 Å². The minimum Gasteiger partial charge on any atom is -0.508 e. The van der Waals surface area contributed by atoms with Crippen molar-refractivity contribution in [2.75, 3.05) is 0 Å². The van der Waals surface area contributed by atoms with Crippen LogP contribution in [0.2, 0.25) is 0 Å². The molecule has 0 bridgehead atoms. The van der Waals surface area contributed by atoms with Gasteiger partial charge in [-0.15, -0.1) is 0 Å². The summed E-state index contributed by atoms with van der Waals surface area (Å²) >= 11 is 0. The summed E-state index contributed by atoms with van der Waals surface area (Å²) in [5, 5.41) is 9.14. The fourth-order valence-electron chi connectivity index (χ4n) is 0.418. The third-order valence-electron chi connectivity index (χ3n) is 0.835. The first-order valence-electron chi connectivity index (χ1n) is 4.42. The number of rotatable bonds is 1. The molecule has 46 valence electrons. The molecule has 0 aromatic heterocycles. The standard InChI is InChI=1S/C8H8O/c1-2-7-3-5-8(9)6-4-7/h2-6,9H,1H2/i3D,4D,5D,6D. The van der Waals surface area contributed by atoms with E-state index in [1.807, 2.05) is 0 Å². The second-order valence-electron chi connectivity index (χ2n) is 1.47. The summed E-state index contributed by atoms with van der Waals surface area (Å²) in [6.07, 6.45) is 1.24. The summed E-state index contributed by atoms with van der Waals surface area (Å²) in [5.41, 5.74) is 0.104. The average molecular weight is 124 g/mol. The van der Waals surface area contributed by atoms with Gasteiger partial charge in [0.1, 0.15) is 5.75 Å². The van der Waals surface area contributed by atoms with Crippen molar-refractivity contribution >= 4 is 6.08 Å². The SMILES string of the molecule is [2H]c1c([2H])c(C=C)c([2H])c([2H])c1O. The lowest BCUT2D eigenvalue weighted by molar-refractivity contribution is 0.475. The van der Waals surface area contributed by atoms with Crippen LogP contribution in [-0.2, 0) is 0 Å². The summed E-state index contributed by atoms with van der Waals surface area (Å²) < 4.78 is 29.2. The Labute approximate surface area is 59.9 Å². The molecule has 0 atom stereocenters. The summed E-state index contributed by atoms with van der Waals surface area (Å²) in [4.78, 5) is 0. The molecule has 0 fully saturated rings. The molecule has 1 aromatic rings. The fraction of sp³-hybridized carbons (Fsp3) is 0. The van der Waals surface area contributed by atoms with Gasteiger partial charge in [-0.3, -0.25) is 0 Å². The van der Waals surface area contributed by atoms with Gasteiger partial charge in [-0.1, -0.05) is 24.7 Å². The Hall–Kier alpha value is -1.24. The van der Waals surface area contributed by atoms with Crippen LogP contribution in [0.4, 0.5) is 0 Å². The summed E-state index contributed by atoms with van der Waals surface area (Å²) in [6.45, 7) is 3.38. The first-order chi connectivity index (χ1) is 6.00. The molecule has 0 aliphatic carbocycles. The van der Waals surface area contributed by atoms with E-state index >= 15 is 0 Å². The first kappa shape index (κ1) is 2.56. The Morgan fingerprint density at radius 3 is 2.44 bits per heavy atom. The minimum atomic E-state index is -0.624. The van der Waals surface area contributed by atoms with E-state index in [0.717, 1.165) is 0 Å². The quantitative estimate of drug-likeness (QED) is 0.607. The normalized spacial score (nSPS) is 15.1. The van der Waals surface area contributed by atoms with Crippen molar-refractivity contribution in [3.05, 3.63) is 36.3 Å². The lowest BCUT2D eigenvalue weighted by Gasteiger charge is -1.90. The number of phenolic OH excluding ortho intramolecular Hbond substituents is 1. The molecule has 0 saturated carbocycles. The molecule has 1 heteroatoms. The lowest BCUT2D eigenvalue weighted by Crippen LogP contribution is -1.67. The summed E-state index contributed by atoms with van der Waals surface area (Å²) in [7, 11) is 0. The maximum atomic E-state index is 9.14. The van der Waals surface area contributed by atoms with Crippen molar-refractivity contribution < 1.29 is 10.6 Å². The van der Waals surface area contributed by atoms with Crippen molar-refractivity contribution in [2.24, 2.45) is 0 Å². The first-order valence-corrected chi connectivity index (χ1v) is 2.42. The molecule has 0 amide bonds. The van der Waals surface area contributed by atoms with Crippen LogP contribution in [0, 0.1) is 0 Å². The zero-order valence-electron chi connectivity index (χ0n) is 8.73. The molecule has 0 aliphatic heterocycles. The van der Waals surface area contributed by atoms with Crippen LogP contribution in [0.3, 0.4) is 0 Å². The highest BCUT2D eigenvalue weighted by atomic mass is 16.3. The van der Waals surface area contributed by atoms with E-state index in [1.165, 1.54) is 6.08 Å². The highest BCUT2D eigenvalue weighted by Crippen LogP contribution is 2.09. The Morgan fingerprint density at radius 2 is 2.00 bits per heavy atom. The third kappa shape index (κ3) is 1.32. The van der Waals surface area contributed by atoms with E-state index in [2.05, 4.69) is 6.58 Å². The number of benzene rings is 1. The van der Waals surface area contributed by atoms with Gasteiger partial charge >= 0.3 is 0 Å². The molecule has 1 N–H and O–H groups in total. The highest BCUT2D eigenvalue weighted by Gasteiger charge is 1.84. The Morgan fingerprint density at radius 1 is 1.44 bits per heavy atom. The molecular weight excluding hydrogens is 112 g/mol. The van der Waals surface area contributed by atoms with E-state index in [-0.39, 0.29) is 17.6 Å². The van der Waals surface area contributed by atoms with Crippen LogP contribution in [0.25, 0.3) is 6.08 Å². The molecule has 0 saturated heterocycles. The van der Waals surface area contributed by atoms with Gasteiger partial charge < -0.3 is 5.11 Å². The molecule has 0 radical (unpaired) electrons. The van der Waals surface area contributed by atoms with Crippen LogP contribution in [0.1, 0.15) is 11.0 Å². The van der Waals surface area contributed by atoms with Crippen LogP contribution in [0.5, 0.6) is 5.75 Å². The predicted molar refractivity (Wildman–Crippen MR) is 38.2 cm³/mol. The number of phenols is 1. The smallest absolute Gasteiger partial charge is 0.115 e. The largest absolute Gasteiger partial charge is 0.508 e. The summed E-state index contributed by atoms with van der Waals surface area (Å²) in [5.74, 6) is -0.624. The number of hydrogen-bond donors (Lipinski definition) is 1. The van der Waals surface area contributed by atoms with Gasteiger partial charge in [0.15, 0.2) is 0 Å². The number of hydrogen-bond acceptors (Lipinski definition) is 1. The van der Waals surface area contributed by atoms with E-state index in [4.69, 9.17) is 10.6 Å². The molecule has 0 spiro atoms. The third-order valence-corrected chi connectivity index (χ3v) is 0.835. The molecule has 0 heterocycles. The Bertz CT molecular complexity index is 344. The van der Waals surface area contributed by atoms with Gasteiger partial charge in [-0.2, -0.15) is 0 Å². The topological polar surface area (TPSA) is 20.2 Å². The highest BCUT2D eigenvalue weighted by molar-refractivity contribution is 5.47. The van der Waals surface area contributed by atoms with Crippen LogP contribution < -0.4 is 0 Å². The van der Waals surface area contributed by atoms with Crippen molar-refractivity contribution in [1.29, 1.82) is 0 Å². The lowest BCUT2D eigenvalue weighted by atomic mass is 10.2.